The fraction of sp³-hybridized carbons (Fsp3) is 1.00. The molecule has 9 heteroatoms. The normalized spacial score (nSPS) is 9.33. The van der Waals surface area contributed by atoms with Gasteiger partial charge in [0.05, 0.1) is 7.14 Å². The van der Waals surface area contributed by atoms with Crippen LogP contribution in [0.4, 0.5) is 0 Å². The molecule has 160 valence electrons. The van der Waals surface area contributed by atoms with Crippen LogP contribution in [0.1, 0.15) is 51.0 Å². The molecule has 0 radical (unpaired) electrons. The van der Waals surface area contributed by atoms with E-state index in [1.807, 2.05) is 6.92 Å². The van der Waals surface area contributed by atoms with E-state index in [4.69, 9.17) is 0 Å². The lowest BCUT2D eigenvalue weighted by molar-refractivity contribution is 0.277. The monoisotopic (exact) mass is 418 g/mol. The van der Waals surface area contributed by atoms with Crippen molar-refractivity contribution >= 4 is 24.6 Å². The van der Waals surface area contributed by atoms with E-state index < -0.39 is 24.6 Å². The summed E-state index contributed by atoms with van der Waals surface area (Å²) in [7, 11) is -4.21. The maximum Gasteiger partial charge on any atom is 0.329 e. The van der Waals surface area contributed by atoms with Crippen LogP contribution in [0.25, 0.3) is 0 Å². The van der Waals surface area contributed by atoms with Crippen LogP contribution in [0.2, 0.25) is 0 Å². The van der Waals surface area contributed by atoms with E-state index in [2.05, 4.69) is 9.05 Å². The van der Waals surface area contributed by atoms with E-state index in [-0.39, 0.29) is 37.1 Å². The minimum atomic E-state index is -2.67. The van der Waals surface area contributed by atoms with E-state index in [0.29, 0.717) is 6.16 Å². The SMILES string of the molecule is C.C.C.C.C.CCP(=O)(OC)OC.CCP(C)(C)=O.CS(C)(=O)=O. The molecule has 6 nitrogen and oxygen atoms in total. The number of hydrogen-bond acceptors (Lipinski definition) is 6. The number of rotatable bonds is 4. The molecule has 0 aromatic heterocycles. The van der Waals surface area contributed by atoms with Gasteiger partial charge < -0.3 is 13.6 Å². The Morgan fingerprint density at radius 1 is 0.750 bits per heavy atom. The average molecular weight is 419 g/mol. The van der Waals surface area contributed by atoms with Crippen LogP contribution < -0.4 is 0 Å². The summed E-state index contributed by atoms with van der Waals surface area (Å²) in [5.74, 6) is 0. The van der Waals surface area contributed by atoms with Crippen molar-refractivity contribution in [2.45, 2.75) is 51.0 Å². The quantitative estimate of drug-likeness (QED) is 0.523. The summed E-state index contributed by atoms with van der Waals surface area (Å²) in [5.41, 5.74) is 0. The fourth-order valence-corrected chi connectivity index (χ4v) is 0.998. The van der Waals surface area contributed by atoms with Gasteiger partial charge in [-0.15, -0.1) is 0 Å². The summed E-state index contributed by atoms with van der Waals surface area (Å²) in [6, 6.07) is 0. The molecule has 0 fully saturated rings. The third-order valence-electron chi connectivity index (χ3n) is 1.71. The van der Waals surface area contributed by atoms with Crippen LogP contribution in [0.15, 0.2) is 0 Å². The second-order valence-corrected chi connectivity index (χ2v) is 13.0. The van der Waals surface area contributed by atoms with Crippen LogP contribution in [0.5, 0.6) is 0 Å². The van der Waals surface area contributed by atoms with Gasteiger partial charge in [0.15, 0.2) is 0 Å². The highest BCUT2D eigenvalue weighted by molar-refractivity contribution is 7.89. The van der Waals surface area contributed by atoms with Gasteiger partial charge in [0.25, 0.3) is 0 Å². The van der Waals surface area contributed by atoms with E-state index in [9.17, 15) is 17.5 Å². The summed E-state index contributed by atoms with van der Waals surface area (Å²) in [6.07, 6.45) is 3.58. The predicted octanol–water partition coefficient (Wildman–Crippen LogP) is 5.96. The van der Waals surface area contributed by atoms with Crippen molar-refractivity contribution in [3.8, 4) is 0 Å². The molecule has 0 aliphatic rings. The molecule has 0 aliphatic carbocycles. The zero-order valence-electron chi connectivity index (χ0n) is 13.2. The van der Waals surface area contributed by atoms with Crippen LogP contribution in [0.3, 0.4) is 0 Å². The Balaban J connectivity index is -0.0000000247. The molecule has 0 heterocycles. The third kappa shape index (κ3) is 66.8. The Morgan fingerprint density at radius 3 is 0.917 bits per heavy atom. The topological polar surface area (TPSA) is 86.7 Å². The van der Waals surface area contributed by atoms with Crippen LogP contribution in [-0.2, 0) is 28.0 Å². The number of sulfone groups is 1. The van der Waals surface area contributed by atoms with Crippen molar-refractivity contribution in [2.75, 3.05) is 52.4 Å². The van der Waals surface area contributed by atoms with Crippen molar-refractivity contribution in [1.82, 2.24) is 0 Å². The number of hydrogen-bond donors (Lipinski definition) is 0. The smallest absolute Gasteiger partial charge is 0.324 e. The Kier molecular flexibility index (Phi) is 48.3. The lowest BCUT2D eigenvalue weighted by atomic mass is 11.0. The minimum absolute atomic E-state index is 0. The van der Waals surface area contributed by atoms with E-state index in [1.165, 1.54) is 14.2 Å². The van der Waals surface area contributed by atoms with Gasteiger partial charge in [0.2, 0.25) is 0 Å². The van der Waals surface area contributed by atoms with Gasteiger partial charge in [-0.05, 0) is 19.5 Å². The molecule has 0 saturated carbocycles. The molecule has 24 heavy (non-hydrogen) atoms. The van der Waals surface area contributed by atoms with E-state index in [1.54, 1.807) is 20.3 Å². The van der Waals surface area contributed by atoms with Crippen LogP contribution in [0, 0.1) is 0 Å². The Labute approximate surface area is 154 Å². The molecule has 0 bridgehead atoms. The predicted molar refractivity (Wildman–Crippen MR) is 117 cm³/mol. The molecule has 0 amide bonds. The van der Waals surface area contributed by atoms with Gasteiger partial charge in [-0.1, -0.05) is 51.0 Å². The molecule has 0 aliphatic heterocycles. The lowest BCUT2D eigenvalue weighted by Gasteiger charge is -2.08. The summed E-state index contributed by atoms with van der Waals surface area (Å²) in [4.78, 5) is 0. The standard InChI is InChI=1S/C4H11O3P.C4H11OP.C2H6O2S.5CH4/c1-4-8(5,6-2)7-3;1-4-6(2,3)5;1-5(2,3)4;;;;;/h4H2,1-3H3;4H2,1-3H3;1-2H3;5*1H4. The summed E-state index contributed by atoms with van der Waals surface area (Å²) >= 11 is 0. The molecule has 0 unspecified atom stereocenters. The maximum absolute atomic E-state index is 10.9. The van der Waals surface area contributed by atoms with Gasteiger partial charge in [-0.25, -0.2) is 8.42 Å². The molecule has 0 saturated heterocycles. The van der Waals surface area contributed by atoms with Gasteiger partial charge >= 0.3 is 7.60 Å². The average Bonchev–Trinajstić information content (AvgIpc) is 2.26. The molecule has 0 aromatic rings. The zero-order chi connectivity index (χ0) is 16.3. The molecule has 0 N–H and O–H groups in total. The van der Waals surface area contributed by atoms with Gasteiger partial charge in [0, 0.05) is 32.9 Å². The van der Waals surface area contributed by atoms with Crippen molar-refractivity contribution in [2.24, 2.45) is 0 Å². The Bertz CT molecular complexity index is 375. The molecule has 0 spiro atoms. The van der Waals surface area contributed by atoms with E-state index >= 15 is 0 Å². The second-order valence-electron chi connectivity index (χ2n) is 4.33. The van der Waals surface area contributed by atoms with Crippen molar-refractivity contribution in [1.29, 1.82) is 0 Å². The molecular weight excluding hydrogens is 370 g/mol. The molecule has 0 atom stereocenters. The third-order valence-corrected chi connectivity index (χ3v) is 5.12. The van der Waals surface area contributed by atoms with Crippen LogP contribution >= 0.6 is 14.7 Å². The van der Waals surface area contributed by atoms with E-state index in [0.717, 1.165) is 18.7 Å². The fourth-order valence-electron chi connectivity index (χ4n) is 0.333. The summed E-state index contributed by atoms with van der Waals surface area (Å²) in [5, 5.41) is 0. The Morgan fingerprint density at radius 2 is 0.917 bits per heavy atom. The van der Waals surface area contributed by atoms with Gasteiger partial charge in [0.1, 0.15) is 9.84 Å². The molecular formula is C15H48O6P2S. The van der Waals surface area contributed by atoms with Gasteiger partial charge in [-0.2, -0.15) is 0 Å². The highest BCUT2D eigenvalue weighted by Crippen LogP contribution is 2.45. The first-order chi connectivity index (χ1) is 8.24. The van der Waals surface area contributed by atoms with Gasteiger partial charge in [-0.3, -0.25) is 4.57 Å². The molecule has 0 aromatic carbocycles. The maximum atomic E-state index is 10.9. The van der Waals surface area contributed by atoms with Crippen molar-refractivity contribution < 1.29 is 26.6 Å². The minimum Gasteiger partial charge on any atom is -0.324 e. The highest BCUT2D eigenvalue weighted by atomic mass is 32.2. The first kappa shape index (κ1) is 49.7. The van der Waals surface area contributed by atoms with Crippen molar-refractivity contribution in [3.05, 3.63) is 0 Å². The van der Waals surface area contributed by atoms with Crippen molar-refractivity contribution in [3.63, 3.8) is 0 Å². The first-order valence-electron chi connectivity index (χ1n) is 5.64. The first-order valence-corrected chi connectivity index (χ1v) is 12.5. The molecule has 0 rings (SSSR count). The lowest BCUT2D eigenvalue weighted by Crippen LogP contribution is -1.89. The summed E-state index contributed by atoms with van der Waals surface area (Å²) < 4.78 is 49.9. The Hall–Kier alpha value is 0.330. The zero-order valence-corrected chi connectivity index (χ0v) is 15.8. The highest BCUT2D eigenvalue weighted by Gasteiger charge is 2.15. The van der Waals surface area contributed by atoms with Crippen LogP contribution in [-0.4, -0.2) is 60.8 Å². The second kappa shape index (κ2) is 23.3. The largest absolute Gasteiger partial charge is 0.329 e. The summed E-state index contributed by atoms with van der Waals surface area (Å²) in [6.45, 7) is 7.30.